The number of thioether (sulfide) groups is 1. The number of carbonyl (C=O) groups is 2. The van der Waals surface area contributed by atoms with Crippen LogP contribution in [0.1, 0.15) is 65.8 Å². The number of imide groups is 1. The predicted octanol–water partition coefficient (Wildman–Crippen LogP) is 2.28. The van der Waals surface area contributed by atoms with Crippen LogP contribution in [0.3, 0.4) is 0 Å². The summed E-state index contributed by atoms with van der Waals surface area (Å²) >= 11 is 1.27. The molecule has 1 heterocycles. The third kappa shape index (κ3) is 5.47. The van der Waals surface area contributed by atoms with Crippen LogP contribution in [-0.4, -0.2) is 42.9 Å². The summed E-state index contributed by atoms with van der Waals surface area (Å²) in [6.07, 6.45) is 5.73. The Balaban J connectivity index is 1.92. The molecule has 1 aliphatic carbocycles. The van der Waals surface area contributed by atoms with Crippen molar-refractivity contribution in [2.75, 3.05) is 0 Å². The van der Waals surface area contributed by atoms with Gasteiger partial charge >= 0.3 is 6.03 Å². The number of hydrogen-bond donors (Lipinski definition) is 2. The van der Waals surface area contributed by atoms with Gasteiger partial charge in [0.1, 0.15) is 0 Å². The lowest BCUT2D eigenvalue weighted by Crippen LogP contribution is -2.49. The lowest BCUT2D eigenvalue weighted by Gasteiger charge is -2.23. The molecule has 1 atom stereocenters. The second-order valence-corrected chi connectivity index (χ2v) is 8.46. The van der Waals surface area contributed by atoms with Crippen LogP contribution in [0.2, 0.25) is 0 Å². The Bertz CT molecular complexity index is 577. The van der Waals surface area contributed by atoms with Crippen LogP contribution in [0, 0.1) is 0 Å². The first-order valence-corrected chi connectivity index (χ1v) is 9.22. The maximum absolute atomic E-state index is 12.2. The van der Waals surface area contributed by atoms with Gasteiger partial charge in [0.2, 0.25) is 11.1 Å². The van der Waals surface area contributed by atoms with Gasteiger partial charge in [-0.05, 0) is 51.0 Å². The summed E-state index contributed by atoms with van der Waals surface area (Å²) in [5.74, 6) is -0.361. The fraction of sp³-hybridized carbons (Fsp3) is 0.800. The highest BCUT2D eigenvalue weighted by molar-refractivity contribution is 8.00. The van der Waals surface area contributed by atoms with Crippen molar-refractivity contribution in [3.63, 3.8) is 0 Å². The van der Waals surface area contributed by atoms with E-state index in [0.717, 1.165) is 12.8 Å². The van der Waals surface area contributed by atoms with E-state index in [-0.39, 0.29) is 5.91 Å². The zero-order valence-corrected chi connectivity index (χ0v) is 15.5. The molecule has 2 rings (SSSR count). The number of carbonyl (C=O) groups excluding carboxylic acids is 2. The van der Waals surface area contributed by atoms with E-state index in [1.165, 1.54) is 31.0 Å². The maximum atomic E-state index is 12.2. The second kappa shape index (κ2) is 7.96. The first-order chi connectivity index (χ1) is 11.3. The van der Waals surface area contributed by atoms with E-state index in [1.807, 2.05) is 25.5 Å². The number of nitrogens with zero attached hydrogens (tertiary/aromatic N) is 4. The zero-order valence-electron chi connectivity index (χ0n) is 14.7. The van der Waals surface area contributed by atoms with Crippen LogP contribution in [0.25, 0.3) is 0 Å². The normalized spacial score (nSPS) is 17.3. The second-order valence-electron chi connectivity index (χ2n) is 7.15. The summed E-state index contributed by atoms with van der Waals surface area (Å²) in [6.45, 7) is 7.30. The molecule has 1 aromatic rings. The molecule has 0 radical (unpaired) electrons. The van der Waals surface area contributed by atoms with Crippen molar-refractivity contribution in [1.29, 1.82) is 0 Å². The van der Waals surface area contributed by atoms with Gasteiger partial charge in [-0.3, -0.25) is 10.1 Å². The maximum Gasteiger partial charge on any atom is 0.321 e. The molecule has 24 heavy (non-hydrogen) atoms. The molecular weight excluding hydrogens is 328 g/mol. The molecule has 3 amide bonds. The molecule has 0 saturated heterocycles. The summed E-state index contributed by atoms with van der Waals surface area (Å²) in [4.78, 5) is 24.0. The molecule has 1 fully saturated rings. The molecule has 0 bridgehead atoms. The lowest BCUT2D eigenvalue weighted by molar-refractivity contribution is -0.119. The Labute approximate surface area is 146 Å². The van der Waals surface area contributed by atoms with E-state index in [4.69, 9.17) is 0 Å². The molecule has 0 spiro atoms. The van der Waals surface area contributed by atoms with Crippen LogP contribution < -0.4 is 10.6 Å². The van der Waals surface area contributed by atoms with Gasteiger partial charge in [0.15, 0.2) is 0 Å². The molecule has 1 unspecified atom stereocenters. The average molecular weight is 354 g/mol. The van der Waals surface area contributed by atoms with Gasteiger partial charge in [-0.1, -0.05) is 31.0 Å². The zero-order chi connectivity index (χ0) is 17.7. The Morgan fingerprint density at radius 3 is 2.54 bits per heavy atom. The minimum Gasteiger partial charge on any atom is -0.333 e. The largest absolute Gasteiger partial charge is 0.333 e. The number of urea groups is 1. The molecular formula is C15H26N6O2S. The van der Waals surface area contributed by atoms with Crippen LogP contribution >= 0.6 is 11.8 Å². The van der Waals surface area contributed by atoms with Gasteiger partial charge in [-0.25, -0.2) is 9.48 Å². The summed E-state index contributed by atoms with van der Waals surface area (Å²) in [6, 6.07) is -0.192. The summed E-state index contributed by atoms with van der Waals surface area (Å²) in [7, 11) is 0. The number of amides is 3. The molecule has 1 saturated carbocycles. The highest BCUT2D eigenvalue weighted by Gasteiger charge is 2.25. The number of tetrazole rings is 1. The number of rotatable bonds is 4. The Hall–Kier alpha value is -1.64. The van der Waals surface area contributed by atoms with Crippen molar-refractivity contribution in [3.8, 4) is 0 Å². The smallest absolute Gasteiger partial charge is 0.321 e. The number of hydrogen-bond acceptors (Lipinski definition) is 6. The quantitative estimate of drug-likeness (QED) is 0.804. The van der Waals surface area contributed by atoms with Gasteiger partial charge in [0.25, 0.3) is 0 Å². The van der Waals surface area contributed by atoms with Gasteiger partial charge in [0.05, 0.1) is 11.3 Å². The summed E-state index contributed by atoms with van der Waals surface area (Å²) < 4.78 is 1.82. The highest BCUT2D eigenvalue weighted by atomic mass is 32.2. The van der Waals surface area contributed by atoms with Crippen LogP contribution in [0.4, 0.5) is 4.79 Å². The van der Waals surface area contributed by atoms with E-state index in [1.54, 1.807) is 6.92 Å². The van der Waals surface area contributed by atoms with E-state index >= 15 is 0 Å². The molecule has 0 aliphatic heterocycles. The molecule has 0 aromatic carbocycles. The van der Waals surface area contributed by atoms with Crippen LogP contribution in [-0.2, 0) is 4.79 Å². The van der Waals surface area contributed by atoms with Crippen LogP contribution in [0.15, 0.2) is 5.16 Å². The van der Waals surface area contributed by atoms with E-state index in [9.17, 15) is 9.59 Å². The first kappa shape index (κ1) is 18.7. The topological polar surface area (TPSA) is 102 Å². The minimum atomic E-state index is -0.494. The Morgan fingerprint density at radius 2 is 1.92 bits per heavy atom. The van der Waals surface area contributed by atoms with Gasteiger partial charge in [0, 0.05) is 5.54 Å². The summed E-state index contributed by atoms with van der Waals surface area (Å²) in [5.41, 5.74) is -0.397. The van der Waals surface area contributed by atoms with Crippen molar-refractivity contribution in [3.05, 3.63) is 0 Å². The third-order valence-electron chi connectivity index (χ3n) is 3.76. The molecule has 1 aromatic heterocycles. The third-order valence-corrected chi connectivity index (χ3v) is 4.81. The molecule has 9 heteroatoms. The van der Waals surface area contributed by atoms with E-state index < -0.39 is 16.8 Å². The minimum absolute atomic E-state index is 0.302. The van der Waals surface area contributed by atoms with Crippen molar-refractivity contribution < 1.29 is 9.59 Å². The van der Waals surface area contributed by atoms with E-state index in [0.29, 0.717) is 11.2 Å². The number of nitrogens with one attached hydrogen (secondary N) is 2. The van der Waals surface area contributed by atoms with Crippen LogP contribution in [0.5, 0.6) is 0 Å². The standard InChI is InChI=1S/C15H26N6O2S/c1-10(12(22)16-13(23)17-15(2,3)4)24-14-18-19-20-21(14)11-8-6-5-7-9-11/h10-11H,5-9H2,1-4H3,(H2,16,17,22,23). The fourth-order valence-corrected chi connectivity index (χ4v) is 3.47. The summed E-state index contributed by atoms with van der Waals surface area (Å²) in [5, 5.41) is 17.1. The number of aromatic nitrogens is 4. The molecule has 8 nitrogen and oxygen atoms in total. The van der Waals surface area contributed by atoms with Crippen molar-refractivity contribution in [2.24, 2.45) is 0 Å². The van der Waals surface area contributed by atoms with Crippen molar-refractivity contribution in [1.82, 2.24) is 30.8 Å². The SMILES string of the molecule is CC(Sc1nnnn1C1CCCCC1)C(=O)NC(=O)NC(C)(C)C. The molecule has 134 valence electrons. The molecule has 2 N–H and O–H groups in total. The van der Waals surface area contributed by atoms with Crippen molar-refractivity contribution >= 4 is 23.7 Å². The van der Waals surface area contributed by atoms with Gasteiger partial charge in [-0.15, -0.1) is 5.10 Å². The van der Waals surface area contributed by atoms with E-state index in [2.05, 4.69) is 26.2 Å². The Kier molecular flexibility index (Phi) is 6.20. The predicted molar refractivity (Wildman–Crippen MR) is 91.7 cm³/mol. The monoisotopic (exact) mass is 354 g/mol. The first-order valence-electron chi connectivity index (χ1n) is 8.34. The highest BCUT2D eigenvalue weighted by Crippen LogP contribution is 2.31. The van der Waals surface area contributed by atoms with Gasteiger partial charge in [-0.2, -0.15) is 0 Å². The molecule has 1 aliphatic rings. The average Bonchev–Trinajstić information content (AvgIpc) is 2.94. The fourth-order valence-electron chi connectivity index (χ4n) is 2.61. The Morgan fingerprint density at radius 1 is 1.25 bits per heavy atom. The lowest BCUT2D eigenvalue weighted by atomic mass is 9.96. The van der Waals surface area contributed by atoms with Gasteiger partial charge < -0.3 is 5.32 Å². The van der Waals surface area contributed by atoms with Crippen molar-refractivity contribution in [2.45, 2.75) is 81.8 Å².